The molecule has 1 saturated carbocycles. The lowest BCUT2D eigenvalue weighted by molar-refractivity contribution is -0.135. The summed E-state index contributed by atoms with van der Waals surface area (Å²) in [5.74, 6) is 0.265. The number of benzene rings is 1. The number of carbonyl (C=O) groups is 3. The van der Waals surface area contributed by atoms with Gasteiger partial charge in [0.25, 0.3) is 0 Å². The molecular formula is C26H40N6O3. The minimum atomic E-state index is -0.116. The van der Waals surface area contributed by atoms with Gasteiger partial charge < -0.3 is 15.5 Å². The van der Waals surface area contributed by atoms with Crippen molar-refractivity contribution in [2.75, 3.05) is 70.8 Å². The van der Waals surface area contributed by atoms with Crippen LogP contribution in [0.2, 0.25) is 0 Å². The third kappa shape index (κ3) is 7.25. The van der Waals surface area contributed by atoms with Gasteiger partial charge in [-0.3, -0.25) is 29.1 Å². The fraction of sp³-hybridized carbons (Fsp3) is 0.654. The van der Waals surface area contributed by atoms with Gasteiger partial charge in [0.1, 0.15) is 0 Å². The summed E-state index contributed by atoms with van der Waals surface area (Å²) in [5, 5.41) is 6.12. The monoisotopic (exact) mass is 484 g/mol. The summed E-state index contributed by atoms with van der Waals surface area (Å²) >= 11 is 0. The Morgan fingerprint density at radius 2 is 1.54 bits per heavy atom. The minimum Gasteiger partial charge on any atom is -0.352 e. The predicted octanol–water partition coefficient (Wildman–Crippen LogP) is 0.616. The van der Waals surface area contributed by atoms with E-state index in [1.807, 2.05) is 36.1 Å². The summed E-state index contributed by atoms with van der Waals surface area (Å²) in [5.41, 5.74) is 2.01. The number of carbonyl (C=O) groups excluding carboxylic acids is 3. The molecule has 9 nitrogen and oxygen atoms in total. The molecule has 2 heterocycles. The molecule has 0 spiro atoms. The van der Waals surface area contributed by atoms with Crippen LogP contribution in [0.15, 0.2) is 24.3 Å². The van der Waals surface area contributed by atoms with Crippen LogP contribution in [-0.4, -0.2) is 115 Å². The molecule has 9 heteroatoms. The van der Waals surface area contributed by atoms with Gasteiger partial charge in [0, 0.05) is 64.1 Å². The quantitative estimate of drug-likeness (QED) is 0.534. The van der Waals surface area contributed by atoms with Crippen molar-refractivity contribution in [2.45, 2.75) is 45.2 Å². The maximum Gasteiger partial charge on any atom is 0.238 e. The number of para-hydroxylation sites is 1. The first-order valence-corrected chi connectivity index (χ1v) is 13.1. The number of hydrogen-bond acceptors (Lipinski definition) is 6. The van der Waals surface area contributed by atoms with Crippen molar-refractivity contribution < 1.29 is 14.4 Å². The Bertz CT molecular complexity index is 889. The van der Waals surface area contributed by atoms with Crippen LogP contribution in [0, 0.1) is 0 Å². The van der Waals surface area contributed by atoms with E-state index in [-0.39, 0.29) is 23.8 Å². The van der Waals surface area contributed by atoms with Crippen molar-refractivity contribution >= 4 is 23.4 Å². The van der Waals surface area contributed by atoms with Gasteiger partial charge in [0.15, 0.2) is 0 Å². The largest absolute Gasteiger partial charge is 0.352 e. The Morgan fingerprint density at radius 3 is 2.20 bits per heavy atom. The van der Waals surface area contributed by atoms with Gasteiger partial charge in [0.2, 0.25) is 17.7 Å². The third-order valence-electron chi connectivity index (χ3n) is 7.38. The van der Waals surface area contributed by atoms with Gasteiger partial charge in [-0.1, -0.05) is 25.1 Å². The fourth-order valence-corrected chi connectivity index (χ4v) is 4.81. The summed E-state index contributed by atoms with van der Waals surface area (Å²) in [6.45, 7) is 10.7. The molecule has 0 radical (unpaired) electrons. The van der Waals surface area contributed by atoms with E-state index in [0.717, 1.165) is 56.7 Å². The lowest BCUT2D eigenvalue weighted by atomic mass is 10.1. The fourth-order valence-electron chi connectivity index (χ4n) is 4.81. The summed E-state index contributed by atoms with van der Waals surface area (Å²) in [6.07, 6.45) is 3.08. The van der Waals surface area contributed by atoms with Crippen LogP contribution in [0.1, 0.15) is 32.3 Å². The van der Waals surface area contributed by atoms with Gasteiger partial charge in [-0.25, -0.2) is 0 Å². The number of anilines is 1. The number of aryl methyl sites for hydroxylation is 1. The Morgan fingerprint density at radius 1 is 0.914 bits per heavy atom. The summed E-state index contributed by atoms with van der Waals surface area (Å²) in [4.78, 5) is 46.1. The van der Waals surface area contributed by atoms with Crippen molar-refractivity contribution in [3.8, 4) is 0 Å². The van der Waals surface area contributed by atoms with Crippen LogP contribution in [0.3, 0.4) is 0 Å². The first-order valence-electron chi connectivity index (χ1n) is 13.1. The number of rotatable bonds is 9. The summed E-state index contributed by atoms with van der Waals surface area (Å²) in [7, 11) is 0. The zero-order valence-corrected chi connectivity index (χ0v) is 21.2. The molecule has 2 aliphatic heterocycles. The second kappa shape index (κ2) is 12.0. The van der Waals surface area contributed by atoms with Crippen LogP contribution in [0.25, 0.3) is 0 Å². The van der Waals surface area contributed by atoms with Gasteiger partial charge in [0.05, 0.1) is 19.1 Å². The molecule has 2 N–H and O–H groups in total. The van der Waals surface area contributed by atoms with Crippen LogP contribution in [0.5, 0.6) is 0 Å². The predicted molar refractivity (Wildman–Crippen MR) is 136 cm³/mol. The molecular weight excluding hydrogens is 444 g/mol. The molecule has 2 saturated heterocycles. The SMILES string of the molecule is CCc1ccccc1NC(=O)CN1CCN(C(=O)CN2CCN(C(C)C(=O)NC3CC3)CC2)CC1. The van der Waals surface area contributed by atoms with Crippen molar-refractivity contribution in [3.63, 3.8) is 0 Å². The first kappa shape index (κ1) is 25.6. The highest BCUT2D eigenvalue weighted by molar-refractivity contribution is 5.93. The van der Waals surface area contributed by atoms with E-state index >= 15 is 0 Å². The molecule has 192 valence electrons. The molecule has 35 heavy (non-hydrogen) atoms. The van der Waals surface area contributed by atoms with E-state index in [9.17, 15) is 14.4 Å². The van der Waals surface area contributed by atoms with E-state index in [1.54, 1.807) is 0 Å². The average molecular weight is 485 g/mol. The molecule has 0 aromatic heterocycles. The number of nitrogens with one attached hydrogen (secondary N) is 2. The molecule has 1 aromatic carbocycles. The highest BCUT2D eigenvalue weighted by atomic mass is 16.2. The lowest BCUT2D eigenvalue weighted by Gasteiger charge is -2.39. The normalized spacial score (nSPS) is 20.9. The van der Waals surface area contributed by atoms with Crippen LogP contribution >= 0.6 is 0 Å². The summed E-state index contributed by atoms with van der Waals surface area (Å²) < 4.78 is 0. The molecule has 3 fully saturated rings. The maximum absolute atomic E-state index is 12.9. The Kier molecular flexibility index (Phi) is 8.75. The van der Waals surface area contributed by atoms with Gasteiger partial charge in [-0.15, -0.1) is 0 Å². The maximum atomic E-state index is 12.9. The van der Waals surface area contributed by atoms with Crippen molar-refractivity contribution in [1.29, 1.82) is 0 Å². The second-order valence-corrected chi connectivity index (χ2v) is 9.99. The Labute approximate surface area is 208 Å². The van der Waals surface area contributed by atoms with Crippen LogP contribution in [0.4, 0.5) is 5.69 Å². The second-order valence-electron chi connectivity index (χ2n) is 9.99. The Hall–Kier alpha value is -2.49. The summed E-state index contributed by atoms with van der Waals surface area (Å²) in [6, 6.07) is 8.17. The molecule has 1 aromatic rings. The van der Waals surface area contributed by atoms with E-state index in [0.29, 0.717) is 45.3 Å². The number of amides is 3. The highest BCUT2D eigenvalue weighted by Gasteiger charge is 2.31. The zero-order chi connectivity index (χ0) is 24.8. The van der Waals surface area contributed by atoms with Gasteiger partial charge >= 0.3 is 0 Å². The Balaban J connectivity index is 1.14. The topological polar surface area (TPSA) is 88.2 Å². The van der Waals surface area contributed by atoms with Crippen LogP contribution in [-0.2, 0) is 20.8 Å². The third-order valence-corrected chi connectivity index (χ3v) is 7.38. The molecule has 1 unspecified atom stereocenters. The van der Waals surface area contributed by atoms with Gasteiger partial charge in [-0.05, 0) is 37.8 Å². The highest BCUT2D eigenvalue weighted by Crippen LogP contribution is 2.19. The van der Waals surface area contributed by atoms with Crippen molar-refractivity contribution in [3.05, 3.63) is 29.8 Å². The van der Waals surface area contributed by atoms with Crippen LogP contribution < -0.4 is 10.6 Å². The first-order chi connectivity index (χ1) is 16.9. The average Bonchev–Trinajstić information content (AvgIpc) is 3.68. The van der Waals surface area contributed by atoms with E-state index in [1.165, 1.54) is 0 Å². The molecule has 0 bridgehead atoms. The number of piperazine rings is 2. The minimum absolute atomic E-state index is 0.0106. The number of hydrogen-bond donors (Lipinski definition) is 2. The van der Waals surface area contributed by atoms with Crippen molar-refractivity contribution in [2.24, 2.45) is 0 Å². The van der Waals surface area contributed by atoms with E-state index in [2.05, 4.69) is 32.3 Å². The van der Waals surface area contributed by atoms with Crippen molar-refractivity contribution in [1.82, 2.24) is 24.9 Å². The van der Waals surface area contributed by atoms with Gasteiger partial charge in [-0.2, -0.15) is 0 Å². The zero-order valence-electron chi connectivity index (χ0n) is 21.2. The molecule has 1 atom stereocenters. The smallest absolute Gasteiger partial charge is 0.238 e. The standard InChI is InChI=1S/C26H40N6O3/c1-3-21-6-4-5-7-23(21)28-24(33)18-29-12-16-32(17-13-29)25(34)19-30-10-14-31(15-11-30)20(2)26(35)27-22-8-9-22/h4-7,20,22H,3,8-19H2,1-2H3,(H,27,35)(H,28,33). The molecule has 3 amide bonds. The molecule has 4 rings (SSSR count). The molecule has 3 aliphatic rings. The molecule has 1 aliphatic carbocycles. The number of nitrogens with zero attached hydrogens (tertiary/aromatic N) is 4. The van der Waals surface area contributed by atoms with E-state index in [4.69, 9.17) is 0 Å². The van der Waals surface area contributed by atoms with E-state index < -0.39 is 0 Å². The lowest BCUT2D eigenvalue weighted by Crippen LogP contribution is -2.56.